The molecule has 0 aliphatic carbocycles. The first kappa shape index (κ1) is 17.1. The number of nitrogens with zero attached hydrogens (tertiary/aromatic N) is 5. The van der Waals surface area contributed by atoms with Gasteiger partial charge in [-0.3, -0.25) is 4.57 Å². The SMILES string of the molecule is Cl.c1ccc(CNc2nc(-n3ccnc3)ncc2-c2nccs2)cc1. The topological polar surface area (TPSA) is 68.5 Å². The lowest BCUT2D eigenvalue weighted by molar-refractivity contribution is 0.922. The van der Waals surface area contributed by atoms with Crippen LogP contribution >= 0.6 is 23.7 Å². The van der Waals surface area contributed by atoms with Gasteiger partial charge in [0.15, 0.2) is 0 Å². The second kappa shape index (κ2) is 7.87. The van der Waals surface area contributed by atoms with Crippen molar-refractivity contribution in [3.8, 4) is 16.5 Å². The van der Waals surface area contributed by atoms with E-state index in [9.17, 15) is 0 Å². The standard InChI is InChI=1S/C17H14N6S.ClH/c1-2-4-13(5-3-1)10-20-15-14(16-19-7-9-24-16)11-21-17(22-15)23-8-6-18-12-23;/h1-9,11-12H,10H2,(H,20,21,22);1H. The van der Waals surface area contributed by atoms with Gasteiger partial charge in [0.05, 0.1) is 5.56 Å². The Bertz CT molecular complexity index is 910. The van der Waals surface area contributed by atoms with Crippen molar-refractivity contribution in [3.05, 3.63) is 72.4 Å². The van der Waals surface area contributed by atoms with Gasteiger partial charge in [-0.2, -0.15) is 4.98 Å². The predicted octanol–water partition coefficient (Wildman–Crippen LogP) is 3.82. The molecular formula is C17H15ClN6S. The van der Waals surface area contributed by atoms with Crippen LogP contribution in [0.2, 0.25) is 0 Å². The molecule has 0 atom stereocenters. The fourth-order valence-electron chi connectivity index (χ4n) is 2.30. The van der Waals surface area contributed by atoms with Crippen LogP contribution in [0.4, 0.5) is 5.82 Å². The van der Waals surface area contributed by atoms with Crippen LogP contribution in [0.5, 0.6) is 0 Å². The zero-order chi connectivity index (χ0) is 16.2. The summed E-state index contributed by atoms with van der Waals surface area (Å²) in [6.45, 7) is 0.680. The average Bonchev–Trinajstić information content (AvgIpc) is 3.34. The van der Waals surface area contributed by atoms with E-state index in [1.54, 1.807) is 40.8 Å². The van der Waals surface area contributed by atoms with Crippen molar-refractivity contribution in [1.82, 2.24) is 24.5 Å². The number of hydrogen-bond donors (Lipinski definition) is 1. The number of anilines is 1. The summed E-state index contributed by atoms with van der Waals surface area (Å²) < 4.78 is 1.78. The van der Waals surface area contributed by atoms with Crippen LogP contribution in [0.1, 0.15) is 5.56 Å². The number of hydrogen-bond acceptors (Lipinski definition) is 6. The molecule has 0 saturated carbocycles. The zero-order valence-corrected chi connectivity index (χ0v) is 14.7. The number of imidazole rings is 1. The number of rotatable bonds is 5. The first-order chi connectivity index (χ1) is 11.9. The van der Waals surface area contributed by atoms with Gasteiger partial charge in [-0.1, -0.05) is 30.3 Å². The first-order valence-corrected chi connectivity index (χ1v) is 8.31. The van der Waals surface area contributed by atoms with Gasteiger partial charge in [-0.05, 0) is 5.56 Å². The van der Waals surface area contributed by atoms with E-state index in [-0.39, 0.29) is 12.4 Å². The molecule has 1 aromatic carbocycles. The van der Waals surface area contributed by atoms with Gasteiger partial charge in [0.2, 0.25) is 5.95 Å². The Balaban J connectivity index is 0.00000182. The van der Waals surface area contributed by atoms with Crippen molar-refractivity contribution in [2.75, 3.05) is 5.32 Å². The Morgan fingerprint density at radius 1 is 1.08 bits per heavy atom. The fraction of sp³-hybridized carbons (Fsp3) is 0.0588. The van der Waals surface area contributed by atoms with Crippen molar-refractivity contribution in [2.24, 2.45) is 0 Å². The van der Waals surface area contributed by atoms with Gasteiger partial charge < -0.3 is 5.32 Å². The van der Waals surface area contributed by atoms with Crippen molar-refractivity contribution in [3.63, 3.8) is 0 Å². The summed E-state index contributed by atoms with van der Waals surface area (Å²) in [5.41, 5.74) is 2.08. The van der Waals surface area contributed by atoms with E-state index in [0.717, 1.165) is 16.4 Å². The molecule has 8 heteroatoms. The van der Waals surface area contributed by atoms with E-state index in [2.05, 4.69) is 37.4 Å². The summed E-state index contributed by atoms with van der Waals surface area (Å²) in [5.74, 6) is 1.33. The Kier molecular flexibility index (Phi) is 5.37. The molecule has 0 saturated heterocycles. The molecule has 0 fully saturated rings. The highest BCUT2D eigenvalue weighted by molar-refractivity contribution is 7.13. The minimum atomic E-state index is 0. The Morgan fingerprint density at radius 2 is 1.96 bits per heavy atom. The summed E-state index contributed by atoms with van der Waals surface area (Å²) in [6, 6.07) is 10.2. The number of nitrogens with one attached hydrogen (secondary N) is 1. The third kappa shape index (κ3) is 3.84. The lowest BCUT2D eigenvalue weighted by Crippen LogP contribution is -2.07. The van der Waals surface area contributed by atoms with Gasteiger partial charge in [0, 0.05) is 36.7 Å². The van der Waals surface area contributed by atoms with Gasteiger partial charge in [0.25, 0.3) is 0 Å². The second-order valence-electron chi connectivity index (χ2n) is 5.08. The van der Waals surface area contributed by atoms with Gasteiger partial charge >= 0.3 is 0 Å². The lowest BCUT2D eigenvalue weighted by Gasteiger charge is -2.11. The van der Waals surface area contributed by atoms with E-state index >= 15 is 0 Å². The highest BCUT2D eigenvalue weighted by Gasteiger charge is 2.12. The third-order valence-corrected chi connectivity index (χ3v) is 4.28. The minimum Gasteiger partial charge on any atom is -0.365 e. The van der Waals surface area contributed by atoms with Crippen molar-refractivity contribution < 1.29 is 0 Å². The highest BCUT2D eigenvalue weighted by Crippen LogP contribution is 2.28. The maximum atomic E-state index is 4.65. The lowest BCUT2D eigenvalue weighted by atomic mass is 10.2. The Hall–Kier alpha value is -2.77. The summed E-state index contributed by atoms with van der Waals surface area (Å²) in [5, 5.41) is 6.24. The number of thiazole rings is 1. The Morgan fingerprint density at radius 3 is 2.68 bits per heavy atom. The zero-order valence-electron chi connectivity index (χ0n) is 13.1. The van der Waals surface area contributed by atoms with E-state index in [1.807, 2.05) is 29.8 Å². The molecule has 0 aliphatic heterocycles. The molecule has 126 valence electrons. The van der Waals surface area contributed by atoms with E-state index < -0.39 is 0 Å². The van der Waals surface area contributed by atoms with E-state index in [0.29, 0.717) is 12.5 Å². The maximum Gasteiger partial charge on any atom is 0.236 e. The molecule has 4 rings (SSSR count). The van der Waals surface area contributed by atoms with E-state index in [1.165, 1.54) is 5.56 Å². The van der Waals surface area contributed by atoms with Crippen LogP contribution in [-0.2, 0) is 6.54 Å². The largest absolute Gasteiger partial charge is 0.365 e. The smallest absolute Gasteiger partial charge is 0.236 e. The summed E-state index contributed by atoms with van der Waals surface area (Å²) in [7, 11) is 0. The molecule has 0 radical (unpaired) electrons. The molecule has 1 N–H and O–H groups in total. The van der Waals surface area contributed by atoms with Crippen molar-refractivity contribution in [1.29, 1.82) is 0 Å². The van der Waals surface area contributed by atoms with Gasteiger partial charge in [-0.25, -0.2) is 15.0 Å². The monoisotopic (exact) mass is 370 g/mol. The van der Waals surface area contributed by atoms with Crippen LogP contribution in [-0.4, -0.2) is 24.5 Å². The van der Waals surface area contributed by atoms with Gasteiger partial charge in [0.1, 0.15) is 17.2 Å². The van der Waals surface area contributed by atoms with Crippen LogP contribution < -0.4 is 5.32 Å². The molecule has 3 heterocycles. The van der Waals surface area contributed by atoms with Crippen molar-refractivity contribution >= 4 is 29.6 Å². The van der Waals surface area contributed by atoms with Crippen molar-refractivity contribution in [2.45, 2.75) is 6.54 Å². The fourth-order valence-corrected chi connectivity index (χ4v) is 2.95. The average molecular weight is 371 g/mol. The number of aromatic nitrogens is 5. The molecular weight excluding hydrogens is 356 g/mol. The molecule has 25 heavy (non-hydrogen) atoms. The Labute approximate surface area is 155 Å². The van der Waals surface area contributed by atoms with Crippen LogP contribution in [0.3, 0.4) is 0 Å². The molecule has 0 unspecified atom stereocenters. The first-order valence-electron chi connectivity index (χ1n) is 7.43. The predicted molar refractivity (Wildman–Crippen MR) is 101 cm³/mol. The molecule has 0 spiro atoms. The summed E-state index contributed by atoms with van der Waals surface area (Å²) in [6.07, 6.45) is 8.78. The third-order valence-electron chi connectivity index (χ3n) is 3.48. The quantitative estimate of drug-likeness (QED) is 0.578. The number of benzene rings is 1. The number of halogens is 1. The highest BCUT2D eigenvalue weighted by atomic mass is 35.5. The molecule has 0 bridgehead atoms. The van der Waals surface area contributed by atoms with Crippen LogP contribution in [0.25, 0.3) is 16.5 Å². The normalized spacial score (nSPS) is 10.2. The summed E-state index contributed by atoms with van der Waals surface area (Å²) in [4.78, 5) is 17.5. The second-order valence-corrected chi connectivity index (χ2v) is 5.97. The molecule has 4 aromatic rings. The van der Waals surface area contributed by atoms with Crippen LogP contribution in [0, 0.1) is 0 Å². The molecule has 0 amide bonds. The van der Waals surface area contributed by atoms with E-state index in [4.69, 9.17) is 0 Å². The minimum absolute atomic E-state index is 0. The van der Waals surface area contributed by atoms with Crippen LogP contribution in [0.15, 0.2) is 66.8 Å². The maximum absolute atomic E-state index is 4.65. The molecule has 3 aromatic heterocycles. The molecule has 6 nitrogen and oxygen atoms in total. The summed E-state index contributed by atoms with van der Waals surface area (Å²) >= 11 is 1.56. The van der Waals surface area contributed by atoms with Gasteiger partial charge in [-0.15, -0.1) is 23.7 Å². The molecule has 0 aliphatic rings.